The van der Waals surface area contributed by atoms with Crippen molar-refractivity contribution >= 4 is 32.5 Å². The number of rotatable bonds is 0. The van der Waals surface area contributed by atoms with E-state index in [0.717, 1.165) is 0 Å². The normalized spacial score (nSPS) is 3.60. The van der Waals surface area contributed by atoms with Crippen molar-refractivity contribution in [3.63, 3.8) is 0 Å². The van der Waals surface area contributed by atoms with E-state index < -0.39 is 0 Å². The monoisotopic (exact) mass is 471 g/mol. The summed E-state index contributed by atoms with van der Waals surface area (Å²) in [4.78, 5) is 0. The van der Waals surface area contributed by atoms with E-state index in [9.17, 15) is 0 Å². The molecule has 0 aliphatic carbocycles. The predicted molar refractivity (Wildman–Crippen MR) is 18.9 cm³/mol. The number of hydrogen-bond acceptors (Lipinski definition) is 1. The Morgan fingerprint density at radius 2 is 1.20 bits per heavy atom. The molecule has 0 atom stereocenters. The third kappa shape index (κ3) is 18.6. The van der Waals surface area contributed by atoms with Crippen molar-refractivity contribution in [2.75, 3.05) is 0 Å². The van der Waals surface area contributed by atoms with Crippen molar-refractivity contribution < 1.29 is 78.5 Å². The first kappa shape index (κ1) is 15.8. The van der Waals surface area contributed by atoms with Gasteiger partial charge in [-0.05, 0) is 0 Å². The van der Waals surface area contributed by atoms with Crippen LogP contribution in [0.1, 0.15) is 0 Å². The maximum atomic E-state index is 3.88. The van der Waals surface area contributed by atoms with Gasteiger partial charge in [-0.15, -0.1) is 0 Å². The SMILES string of the molecule is BrOBr.[Gd].[La]. The zero-order valence-electron chi connectivity index (χ0n) is 2.10. The number of halogens is 2. The Morgan fingerprint density at radius 3 is 1.20 bits per heavy atom. The minimum atomic E-state index is 0. The molecular formula is Br2GdLaO. The first-order valence-electron chi connectivity index (χ1n) is 0.309. The summed E-state index contributed by atoms with van der Waals surface area (Å²) in [5.74, 6) is 0. The van der Waals surface area contributed by atoms with Crippen LogP contribution in [0.2, 0.25) is 0 Å². The van der Waals surface area contributed by atoms with E-state index in [1.54, 1.807) is 0 Å². The first-order valence-corrected chi connectivity index (χ1v) is 1.60. The standard InChI is InChI=1S/Br2O.Gd.La/c1-3-2;;. The second-order valence-electron chi connectivity index (χ2n) is 0.0583. The summed E-state index contributed by atoms with van der Waals surface area (Å²) in [7, 11) is 0. The van der Waals surface area contributed by atoms with Crippen LogP contribution in [0.3, 0.4) is 0 Å². The largest absolute Gasteiger partial charge is 0.230 e. The van der Waals surface area contributed by atoms with Gasteiger partial charge in [0, 0.05) is 75.5 Å². The zero-order chi connectivity index (χ0) is 2.71. The quantitative estimate of drug-likeness (QED) is 0.522. The molecule has 1 nitrogen and oxygen atoms in total. The van der Waals surface area contributed by atoms with E-state index in [4.69, 9.17) is 0 Å². The second kappa shape index (κ2) is 15.7. The van der Waals surface area contributed by atoms with Crippen LogP contribution in [0.4, 0.5) is 0 Å². The van der Waals surface area contributed by atoms with Crippen LogP contribution < -0.4 is 0 Å². The van der Waals surface area contributed by atoms with Crippen molar-refractivity contribution in [2.45, 2.75) is 0 Å². The van der Waals surface area contributed by atoms with Crippen LogP contribution in [-0.2, 0) is 2.92 Å². The average Bonchev–Trinajstić information content (AvgIpc) is 0.918. The van der Waals surface area contributed by atoms with E-state index in [-0.39, 0.29) is 75.5 Å². The van der Waals surface area contributed by atoms with Gasteiger partial charge in [-0.25, -0.2) is 2.92 Å². The van der Waals surface area contributed by atoms with Gasteiger partial charge >= 0.3 is 0 Å². The van der Waals surface area contributed by atoms with Gasteiger partial charge in [-0.1, -0.05) is 0 Å². The molecule has 0 bridgehead atoms. The summed E-state index contributed by atoms with van der Waals surface area (Å²) < 4.78 is 3.88. The van der Waals surface area contributed by atoms with E-state index in [0.29, 0.717) is 0 Å². The Labute approximate surface area is 108 Å². The minimum Gasteiger partial charge on any atom is -0.230 e. The molecule has 0 aliphatic rings. The minimum absolute atomic E-state index is 0. The summed E-state index contributed by atoms with van der Waals surface area (Å²) >= 11 is 5.12. The van der Waals surface area contributed by atoms with Crippen LogP contribution in [0.25, 0.3) is 0 Å². The maximum Gasteiger partial charge on any atom is 0.115 e. The second-order valence-corrected chi connectivity index (χ2v) is 1.57. The van der Waals surface area contributed by atoms with Crippen molar-refractivity contribution in [3.05, 3.63) is 0 Å². The Kier molecular flexibility index (Phi) is 49.4. The fourth-order valence-corrected chi connectivity index (χ4v) is 0. The van der Waals surface area contributed by atoms with E-state index >= 15 is 0 Å². The molecule has 0 aromatic rings. The smallest absolute Gasteiger partial charge is 0.115 e. The number of hydrogen-bond donors (Lipinski definition) is 0. The molecule has 0 rings (SSSR count). The molecule has 0 saturated heterocycles. The van der Waals surface area contributed by atoms with Crippen molar-refractivity contribution in [1.29, 1.82) is 0 Å². The van der Waals surface area contributed by atoms with Crippen LogP contribution in [-0.4, -0.2) is 0 Å². The molecule has 1 radical (unpaired) electrons. The van der Waals surface area contributed by atoms with Gasteiger partial charge in [0.15, 0.2) is 0 Å². The first-order chi connectivity index (χ1) is 1.41. The maximum absolute atomic E-state index is 3.88. The Bertz CT molecular complexity index is 9.61. The Hall–Kier alpha value is 3.44. The van der Waals surface area contributed by atoms with Gasteiger partial charge in [0.2, 0.25) is 0 Å². The summed E-state index contributed by atoms with van der Waals surface area (Å²) in [5, 5.41) is 0. The van der Waals surface area contributed by atoms with Crippen molar-refractivity contribution in [2.24, 2.45) is 0 Å². The molecule has 0 aromatic heterocycles. The van der Waals surface area contributed by atoms with E-state index in [1.165, 1.54) is 0 Å². The molecule has 0 aromatic carbocycles. The van der Waals surface area contributed by atoms with E-state index in [1.807, 2.05) is 0 Å². The molecule has 0 heterocycles. The molecule has 31 valence electrons. The van der Waals surface area contributed by atoms with Gasteiger partial charge in [-0.3, -0.25) is 0 Å². The summed E-state index contributed by atoms with van der Waals surface area (Å²) in [6, 6.07) is 0. The molecule has 0 aliphatic heterocycles. The topological polar surface area (TPSA) is 9.23 Å². The van der Waals surface area contributed by atoms with Crippen molar-refractivity contribution in [1.82, 2.24) is 0 Å². The zero-order valence-corrected chi connectivity index (χ0v) is 11.2. The third-order valence-corrected chi connectivity index (χ3v) is 0. The third-order valence-electron chi connectivity index (χ3n) is 0. The molecule has 0 spiro atoms. The molecule has 0 saturated carbocycles. The van der Waals surface area contributed by atoms with Gasteiger partial charge in [0.05, 0.1) is 0 Å². The summed E-state index contributed by atoms with van der Waals surface area (Å²) in [6.07, 6.45) is 0. The van der Waals surface area contributed by atoms with Crippen molar-refractivity contribution in [3.8, 4) is 0 Å². The molecule has 0 amide bonds. The molecule has 5 heavy (non-hydrogen) atoms. The van der Waals surface area contributed by atoms with Gasteiger partial charge < -0.3 is 0 Å². The molecule has 0 N–H and O–H groups in total. The summed E-state index contributed by atoms with van der Waals surface area (Å²) in [5.41, 5.74) is 0. The van der Waals surface area contributed by atoms with E-state index in [2.05, 4.69) is 35.4 Å². The Balaban J connectivity index is -0.0000000200. The van der Waals surface area contributed by atoms with Crippen LogP contribution in [0.5, 0.6) is 0 Å². The molecule has 0 fully saturated rings. The van der Waals surface area contributed by atoms with Crippen LogP contribution >= 0.6 is 32.5 Å². The van der Waals surface area contributed by atoms with Crippen LogP contribution in [0.15, 0.2) is 0 Å². The molecule has 5 heteroatoms. The van der Waals surface area contributed by atoms with Gasteiger partial charge in [0.25, 0.3) is 0 Å². The Morgan fingerprint density at radius 1 is 1.20 bits per heavy atom. The molecule has 0 unspecified atom stereocenters. The van der Waals surface area contributed by atoms with Gasteiger partial charge in [0.1, 0.15) is 32.5 Å². The fraction of sp³-hybridized carbons (Fsp3) is 0. The summed E-state index contributed by atoms with van der Waals surface area (Å²) in [6.45, 7) is 0. The predicted octanol–water partition coefficient (Wildman–Crippen LogP) is 1.62. The molecular weight excluding hydrogens is 472 g/mol. The average molecular weight is 472 g/mol. The van der Waals surface area contributed by atoms with Crippen LogP contribution in [0, 0.1) is 75.5 Å². The fourth-order valence-electron chi connectivity index (χ4n) is 0. The van der Waals surface area contributed by atoms with Gasteiger partial charge in [-0.2, -0.15) is 0 Å².